The van der Waals surface area contributed by atoms with E-state index in [0.717, 1.165) is 12.8 Å². The molecule has 1 fully saturated rings. The van der Waals surface area contributed by atoms with Gasteiger partial charge in [0, 0.05) is 5.56 Å². The Bertz CT molecular complexity index is 725. The molecule has 3 unspecified atom stereocenters. The number of hydrogen-bond acceptors (Lipinski definition) is 4. The first-order valence-electron chi connectivity index (χ1n) is 10.1. The second-order valence-electron chi connectivity index (χ2n) is 9.61. The van der Waals surface area contributed by atoms with Crippen molar-refractivity contribution in [1.82, 2.24) is 0 Å². The highest BCUT2D eigenvalue weighted by Gasteiger charge is 2.66. The summed E-state index contributed by atoms with van der Waals surface area (Å²) in [4.78, 5) is 27.3. The van der Waals surface area contributed by atoms with E-state index in [1.54, 1.807) is 39.8 Å². The van der Waals surface area contributed by atoms with Gasteiger partial charge in [0.05, 0.1) is 5.41 Å². The van der Waals surface area contributed by atoms with Crippen LogP contribution in [0.15, 0.2) is 30.3 Å². The quantitative estimate of drug-likeness (QED) is 0.346. The fraction of sp³-hybridized carbons (Fsp3) is 0.652. The van der Waals surface area contributed by atoms with Gasteiger partial charge in [-0.2, -0.15) is 0 Å². The van der Waals surface area contributed by atoms with E-state index in [1.807, 2.05) is 32.0 Å². The zero-order valence-corrected chi connectivity index (χ0v) is 19.0. The lowest BCUT2D eigenvalue weighted by Gasteiger charge is -2.54. The Hall–Kier alpha value is -1.54. The van der Waals surface area contributed by atoms with E-state index < -0.39 is 22.1 Å². The first-order chi connectivity index (χ1) is 12.9. The summed E-state index contributed by atoms with van der Waals surface area (Å²) < 4.78 is 18.3. The number of carbonyl (C=O) groups excluding carboxylic acids is 2. The van der Waals surface area contributed by atoms with Crippen molar-refractivity contribution in [2.24, 2.45) is 23.2 Å². The Kier molecular flexibility index (Phi) is 6.55. The number of ketones is 1. The molecular formula is C23H33O4P. The van der Waals surface area contributed by atoms with Gasteiger partial charge in [0.25, 0.3) is 0 Å². The molecule has 0 heterocycles. The average Bonchev–Trinajstić information content (AvgIpc) is 2.60. The van der Waals surface area contributed by atoms with Crippen molar-refractivity contribution in [3.63, 3.8) is 0 Å². The molecule has 4 nitrogen and oxygen atoms in total. The van der Waals surface area contributed by atoms with E-state index in [2.05, 4.69) is 6.92 Å². The lowest BCUT2D eigenvalue weighted by atomic mass is 9.51. The first kappa shape index (κ1) is 22.7. The molecule has 0 aromatic heterocycles. The third kappa shape index (κ3) is 3.81. The molecule has 0 radical (unpaired) electrons. The highest BCUT2D eigenvalue weighted by atomic mass is 31.1. The average molecular weight is 404 g/mol. The van der Waals surface area contributed by atoms with Crippen LogP contribution in [0.1, 0.15) is 71.7 Å². The standard InChI is InChI=1S/C23H33O4P/c1-15-13-16(2)23(17(3)14-15,19(24)18-11-9-8-10-12-18)22(7,28-26)20(25)27-21(4,5)6/h8-12,15-17H,13-14H2,1-7H3. The smallest absolute Gasteiger partial charge is 0.325 e. The number of rotatable bonds is 5. The van der Waals surface area contributed by atoms with Crippen molar-refractivity contribution in [3.8, 4) is 0 Å². The summed E-state index contributed by atoms with van der Waals surface area (Å²) in [5, 5.41) is -1.47. The molecule has 2 rings (SSSR count). The summed E-state index contributed by atoms with van der Waals surface area (Å²) in [6.07, 6.45) is 1.60. The Morgan fingerprint density at radius 2 is 1.50 bits per heavy atom. The molecule has 1 aromatic carbocycles. The molecule has 1 aliphatic carbocycles. The van der Waals surface area contributed by atoms with E-state index >= 15 is 0 Å². The van der Waals surface area contributed by atoms with Gasteiger partial charge in [0.1, 0.15) is 5.60 Å². The van der Waals surface area contributed by atoms with E-state index in [1.165, 1.54) is 0 Å². The summed E-state index contributed by atoms with van der Waals surface area (Å²) in [5.74, 6) is -0.477. The molecule has 3 atom stereocenters. The van der Waals surface area contributed by atoms with Gasteiger partial charge in [0.2, 0.25) is 0 Å². The van der Waals surface area contributed by atoms with Crippen LogP contribution in [0.25, 0.3) is 0 Å². The maximum atomic E-state index is 14.0. The maximum absolute atomic E-state index is 14.0. The van der Waals surface area contributed by atoms with Gasteiger partial charge in [-0.1, -0.05) is 51.1 Å². The predicted octanol–water partition coefficient (Wildman–Crippen LogP) is 5.95. The van der Waals surface area contributed by atoms with Crippen LogP contribution in [0.2, 0.25) is 0 Å². The summed E-state index contributed by atoms with van der Waals surface area (Å²) in [6.45, 7) is 13.2. The molecule has 0 bridgehead atoms. The van der Waals surface area contributed by atoms with Crippen molar-refractivity contribution in [1.29, 1.82) is 0 Å². The Morgan fingerprint density at radius 1 is 1.00 bits per heavy atom. The Morgan fingerprint density at radius 3 is 1.93 bits per heavy atom. The Balaban J connectivity index is 2.71. The number of carbonyl (C=O) groups is 2. The number of benzene rings is 1. The van der Waals surface area contributed by atoms with Gasteiger partial charge in [-0.05, 0) is 58.3 Å². The Labute approximate surface area is 170 Å². The first-order valence-corrected chi connectivity index (χ1v) is 10.9. The van der Waals surface area contributed by atoms with Gasteiger partial charge in [-0.15, -0.1) is 0 Å². The minimum Gasteiger partial charge on any atom is -0.459 e. The molecule has 0 N–H and O–H groups in total. The van der Waals surface area contributed by atoms with Crippen LogP contribution in [0.3, 0.4) is 0 Å². The summed E-state index contributed by atoms with van der Waals surface area (Å²) in [6, 6.07) is 9.05. The largest absolute Gasteiger partial charge is 0.459 e. The maximum Gasteiger partial charge on any atom is 0.325 e. The highest BCUT2D eigenvalue weighted by molar-refractivity contribution is 7.28. The third-order valence-corrected chi connectivity index (χ3v) is 7.18. The van der Waals surface area contributed by atoms with Crippen molar-refractivity contribution in [3.05, 3.63) is 35.9 Å². The van der Waals surface area contributed by atoms with Crippen LogP contribution in [-0.2, 0) is 14.1 Å². The minimum absolute atomic E-state index is 0.113. The zero-order chi connectivity index (χ0) is 21.3. The molecule has 5 heteroatoms. The molecule has 154 valence electrons. The second-order valence-corrected chi connectivity index (χ2v) is 10.7. The van der Waals surface area contributed by atoms with Crippen LogP contribution >= 0.6 is 8.46 Å². The fourth-order valence-corrected chi connectivity index (χ4v) is 6.09. The van der Waals surface area contributed by atoms with Crippen LogP contribution < -0.4 is 0 Å². The van der Waals surface area contributed by atoms with Crippen LogP contribution in [0.5, 0.6) is 0 Å². The zero-order valence-electron chi connectivity index (χ0n) is 18.1. The van der Waals surface area contributed by atoms with Crippen molar-refractivity contribution >= 4 is 20.2 Å². The fourth-order valence-electron chi connectivity index (χ4n) is 5.28. The molecular weight excluding hydrogens is 371 g/mol. The SMILES string of the molecule is CC1CC(C)C(C(=O)c2ccccc2)(C(C)(P=O)C(=O)OC(C)(C)C)C(C)C1. The monoisotopic (exact) mass is 404 g/mol. The van der Waals surface area contributed by atoms with E-state index in [0.29, 0.717) is 11.5 Å². The van der Waals surface area contributed by atoms with Crippen molar-refractivity contribution in [2.75, 3.05) is 0 Å². The number of esters is 1. The molecule has 0 aliphatic heterocycles. The summed E-state index contributed by atoms with van der Waals surface area (Å²) in [5.41, 5.74) is -1.28. The molecule has 28 heavy (non-hydrogen) atoms. The van der Waals surface area contributed by atoms with Gasteiger partial charge in [-0.25, -0.2) is 0 Å². The van der Waals surface area contributed by atoms with Crippen molar-refractivity contribution < 1.29 is 18.9 Å². The van der Waals surface area contributed by atoms with Gasteiger partial charge >= 0.3 is 5.97 Å². The lowest BCUT2D eigenvalue weighted by Crippen LogP contribution is -2.62. The van der Waals surface area contributed by atoms with E-state index in [4.69, 9.17) is 4.74 Å². The molecule has 0 spiro atoms. The predicted molar refractivity (Wildman–Crippen MR) is 112 cm³/mol. The molecule has 1 aliphatic rings. The topological polar surface area (TPSA) is 60.4 Å². The van der Waals surface area contributed by atoms with E-state index in [9.17, 15) is 14.2 Å². The van der Waals surface area contributed by atoms with Crippen LogP contribution in [-0.4, -0.2) is 22.5 Å². The van der Waals surface area contributed by atoms with Crippen molar-refractivity contribution in [2.45, 2.75) is 72.1 Å². The van der Waals surface area contributed by atoms with Gasteiger partial charge in [0.15, 0.2) is 19.4 Å². The number of Topliss-reactive ketones (excluding diaryl/α,β-unsaturated/α-hetero) is 1. The van der Waals surface area contributed by atoms with Crippen LogP contribution in [0, 0.1) is 23.2 Å². The number of ether oxygens (including phenoxy) is 1. The number of hydrogen-bond donors (Lipinski definition) is 0. The second kappa shape index (κ2) is 8.06. The summed E-state index contributed by atoms with van der Waals surface area (Å²) in [7, 11) is -0.380. The third-order valence-electron chi connectivity index (χ3n) is 6.26. The van der Waals surface area contributed by atoms with E-state index in [-0.39, 0.29) is 26.1 Å². The molecule has 0 amide bonds. The molecule has 0 saturated heterocycles. The summed E-state index contributed by atoms with van der Waals surface area (Å²) >= 11 is 0. The highest BCUT2D eigenvalue weighted by Crippen LogP contribution is 2.60. The van der Waals surface area contributed by atoms with Crippen LogP contribution in [0.4, 0.5) is 0 Å². The molecule has 1 aromatic rings. The minimum atomic E-state index is -1.47. The van der Waals surface area contributed by atoms with Gasteiger partial charge in [-0.3, -0.25) is 14.2 Å². The normalized spacial score (nSPS) is 30.5. The van der Waals surface area contributed by atoms with Gasteiger partial charge < -0.3 is 4.74 Å². The lowest BCUT2D eigenvalue weighted by molar-refractivity contribution is -0.164. The molecule has 1 saturated carbocycles.